The van der Waals surface area contributed by atoms with E-state index in [2.05, 4.69) is 5.32 Å². The molecule has 0 unspecified atom stereocenters. The first-order valence-corrected chi connectivity index (χ1v) is 5.65. The summed E-state index contributed by atoms with van der Waals surface area (Å²) in [6.45, 7) is 3.75. The van der Waals surface area contributed by atoms with Crippen LogP contribution in [0.4, 0.5) is 11.4 Å². The van der Waals surface area contributed by atoms with E-state index in [1.54, 1.807) is 6.92 Å². The van der Waals surface area contributed by atoms with Crippen molar-refractivity contribution < 1.29 is 10.0 Å². The summed E-state index contributed by atoms with van der Waals surface area (Å²) in [5.74, 6) is 0. The average Bonchev–Trinajstić information content (AvgIpc) is 2.23. The number of halogens is 1. The molecule has 0 saturated carbocycles. The maximum Gasteiger partial charge on any atom is 0.271 e. The smallest absolute Gasteiger partial charge is 0.271 e. The minimum atomic E-state index is -0.472. The number of nitro benzene ring substituents is 1. The van der Waals surface area contributed by atoms with Crippen LogP contribution in [0.3, 0.4) is 0 Å². The zero-order chi connectivity index (χ0) is 13.0. The minimum absolute atomic E-state index is 0.0205. The van der Waals surface area contributed by atoms with Crippen molar-refractivity contribution in [3.63, 3.8) is 0 Å². The van der Waals surface area contributed by atoms with Gasteiger partial charge >= 0.3 is 0 Å². The normalized spacial score (nSPS) is 12.2. The molecule has 94 valence electrons. The van der Waals surface area contributed by atoms with Crippen LogP contribution >= 0.6 is 11.6 Å². The Bertz CT molecular complexity index is 400. The van der Waals surface area contributed by atoms with E-state index in [1.807, 2.05) is 6.92 Å². The van der Waals surface area contributed by atoms with Gasteiger partial charge in [-0.1, -0.05) is 11.6 Å². The summed E-state index contributed by atoms with van der Waals surface area (Å²) in [7, 11) is 0. The van der Waals surface area contributed by atoms with Crippen LogP contribution in [0.2, 0.25) is 5.02 Å². The summed E-state index contributed by atoms with van der Waals surface area (Å²) in [6.07, 6.45) is 0.590. The van der Waals surface area contributed by atoms with Gasteiger partial charge in [0.15, 0.2) is 0 Å². The Morgan fingerprint density at radius 2 is 2.24 bits per heavy atom. The summed E-state index contributed by atoms with van der Waals surface area (Å²) >= 11 is 5.99. The summed E-state index contributed by atoms with van der Waals surface area (Å²) in [5, 5.41) is 22.9. The molecule has 1 aromatic carbocycles. The number of aliphatic hydroxyl groups excluding tert-OH is 1. The lowest BCUT2D eigenvalue weighted by molar-refractivity contribution is -0.384. The topological polar surface area (TPSA) is 75.4 Å². The molecule has 0 saturated heterocycles. The SMILES string of the molecule is Cc1cc([N+](=O)[O-])cc(Cl)c1N[C@H](C)CCO. The van der Waals surface area contributed by atoms with Gasteiger partial charge in [-0.15, -0.1) is 0 Å². The molecule has 1 atom stereocenters. The Morgan fingerprint density at radius 3 is 2.71 bits per heavy atom. The molecule has 1 aromatic rings. The second-order valence-corrected chi connectivity index (χ2v) is 4.34. The summed E-state index contributed by atoms with van der Waals surface area (Å²) < 4.78 is 0. The van der Waals surface area contributed by atoms with Gasteiger partial charge < -0.3 is 10.4 Å². The summed E-state index contributed by atoms with van der Waals surface area (Å²) in [6, 6.07) is 2.85. The molecule has 0 fully saturated rings. The van der Waals surface area contributed by atoms with Crippen LogP contribution in [-0.4, -0.2) is 22.7 Å². The largest absolute Gasteiger partial charge is 0.396 e. The molecule has 0 aliphatic carbocycles. The number of aryl methyl sites for hydroxylation is 1. The lowest BCUT2D eigenvalue weighted by atomic mass is 10.1. The number of hydrogen-bond acceptors (Lipinski definition) is 4. The molecular formula is C11H15ClN2O3. The Kier molecular flexibility index (Phi) is 4.72. The van der Waals surface area contributed by atoms with Crippen LogP contribution in [-0.2, 0) is 0 Å². The molecule has 0 aliphatic heterocycles. The number of rotatable bonds is 5. The monoisotopic (exact) mass is 258 g/mol. The number of anilines is 1. The molecule has 0 aromatic heterocycles. The van der Waals surface area contributed by atoms with E-state index in [0.717, 1.165) is 0 Å². The van der Waals surface area contributed by atoms with Gasteiger partial charge in [0, 0.05) is 24.8 Å². The number of nitro groups is 1. The molecule has 0 radical (unpaired) electrons. The highest BCUT2D eigenvalue weighted by molar-refractivity contribution is 6.33. The van der Waals surface area contributed by atoms with Crippen molar-refractivity contribution in [2.75, 3.05) is 11.9 Å². The van der Waals surface area contributed by atoms with Gasteiger partial charge in [-0.25, -0.2) is 0 Å². The van der Waals surface area contributed by atoms with Gasteiger partial charge in [0.1, 0.15) is 0 Å². The maximum absolute atomic E-state index is 10.6. The fraction of sp³-hybridized carbons (Fsp3) is 0.455. The van der Waals surface area contributed by atoms with Crippen LogP contribution < -0.4 is 5.32 Å². The van der Waals surface area contributed by atoms with Crippen molar-refractivity contribution in [3.05, 3.63) is 32.8 Å². The van der Waals surface area contributed by atoms with Crippen molar-refractivity contribution in [3.8, 4) is 0 Å². The van der Waals surface area contributed by atoms with Crippen molar-refractivity contribution >= 4 is 23.0 Å². The Labute approximate surface area is 105 Å². The van der Waals surface area contributed by atoms with Crippen molar-refractivity contribution in [2.45, 2.75) is 26.3 Å². The zero-order valence-corrected chi connectivity index (χ0v) is 10.5. The number of nitrogens with one attached hydrogen (secondary N) is 1. The predicted molar refractivity (Wildman–Crippen MR) is 67.6 cm³/mol. The molecule has 17 heavy (non-hydrogen) atoms. The van der Waals surface area contributed by atoms with Gasteiger partial charge in [0.2, 0.25) is 0 Å². The maximum atomic E-state index is 10.6. The predicted octanol–water partition coefficient (Wildman–Crippen LogP) is 2.74. The number of aliphatic hydroxyl groups is 1. The van der Waals surface area contributed by atoms with E-state index < -0.39 is 4.92 Å². The second kappa shape index (κ2) is 5.84. The number of hydrogen-bond donors (Lipinski definition) is 2. The third-order valence-corrected chi connectivity index (χ3v) is 2.73. The van der Waals surface area contributed by atoms with Gasteiger partial charge in [-0.2, -0.15) is 0 Å². The van der Waals surface area contributed by atoms with E-state index in [4.69, 9.17) is 16.7 Å². The van der Waals surface area contributed by atoms with Crippen molar-refractivity contribution in [1.29, 1.82) is 0 Å². The van der Waals surface area contributed by atoms with E-state index in [-0.39, 0.29) is 18.3 Å². The summed E-state index contributed by atoms with van der Waals surface area (Å²) in [5.41, 5.74) is 1.38. The van der Waals surface area contributed by atoms with E-state index in [0.29, 0.717) is 22.7 Å². The van der Waals surface area contributed by atoms with Crippen LogP contribution in [0.1, 0.15) is 18.9 Å². The molecule has 0 spiro atoms. The Balaban J connectivity index is 2.97. The molecule has 0 amide bonds. The van der Waals surface area contributed by atoms with Crippen LogP contribution in [0.15, 0.2) is 12.1 Å². The van der Waals surface area contributed by atoms with Gasteiger partial charge in [0.05, 0.1) is 15.6 Å². The summed E-state index contributed by atoms with van der Waals surface area (Å²) in [4.78, 5) is 10.2. The fourth-order valence-corrected chi connectivity index (χ4v) is 1.84. The third kappa shape index (κ3) is 3.57. The quantitative estimate of drug-likeness (QED) is 0.629. The van der Waals surface area contributed by atoms with Crippen molar-refractivity contribution in [1.82, 2.24) is 0 Å². The Morgan fingerprint density at radius 1 is 1.59 bits per heavy atom. The van der Waals surface area contributed by atoms with Crippen LogP contribution in [0, 0.1) is 17.0 Å². The molecule has 6 heteroatoms. The highest BCUT2D eigenvalue weighted by Gasteiger charge is 2.14. The number of benzene rings is 1. The van der Waals surface area contributed by atoms with Crippen LogP contribution in [0.5, 0.6) is 0 Å². The van der Waals surface area contributed by atoms with E-state index in [9.17, 15) is 10.1 Å². The van der Waals surface area contributed by atoms with Gasteiger partial charge in [-0.05, 0) is 25.8 Å². The van der Waals surface area contributed by atoms with E-state index in [1.165, 1.54) is 12.1 Å². The average molecular weight is 259 g/mol. The van der Waals surface area contributed by atoms with E-state index >= 15 is 0 Å². The van der Waals surface area contributed by atoms with Crippen molar-refractivity contribution in [2.24, 2.45) is 0 Å². The molecule has 1 rings (SSSR count). The van der Waals surface area contributed by atoms with Gasteiger partial charge in [-0.3, -0.25) is 10.1 Å². The molecule has 0 aliphatic rings. The second-order valence-electron chi connectivity index (χ2n) is 3.93. The highest BCUT2D eigenvalue weighted by atomic mass is 35.5. The molecule has 5 nitrogen and oxygen atoms in total. The van der Waals surface area contributed by atoms with Gasteiger partial charge in [0.25, 0.3) is 5.69 Å². The molecular weight excluding hydrogens is 244 g/mol. The molecule has 0 bridgehead atoms. The first-order chi connectivity index (χ1) is 7.95. The first kappa shape index (κ1) is 13.7. The first-order valence-electron chi connectivity index (χ1n) is 5.27. The fourth-order valence-electron chi connectivity index (χ4n) is 1.53. The number of non-ortho nitro benzene ring substituents is 1. The third-order valence-electron chi connectivity index (χ3n) is 2.44. The van der Waals surface area contributed by atoms with Crippen LogP contribution in [0.25, 0.3) is 0 Å². The molecule has 2 N–H and O–H groups in total. The molecule has 0 heterocycles. The lowest BCUT2D eigenvalue weighted by Gasteiger charge is -2.17. The standard InChI is InChI=1S/C11H15ClN2O3/c1-7-5-9(14(16)17)6-10(12)11(7)13-8(2)3-4-15/h5-6,8,13,15H,3-4H2,1-2H3/t8-/m1/s1. The number of nitrogens with zero attached hydrogens (tertiary/aromatic N) is 1. The Hall–Kier alpha value is -1.33. The minimum Gasteiger partial charge on any atom is -0.396 e. The lowest BCUT2D eigenvalue weighted by Crippen LogP contribution is -2.17. The zero-order valence-electron chi connectivity index (χ0n) is 9.74. The highest BCUT2D eigenvalue weighted by Crippen LogP contribution is 2.31.